The number of methoxy groups -OCH3 is 1. The summed E-state index contributed by atoms with van der Waals surface area (Å²) in [5.74, 6) is 0.564. The van der Waals surface area contributed by atoms with E-state index in [1.54, 1.807) is 68.0 Å². The maximum absolute atomic E-state index is 14.5. The number of hydrogen-bond donors (Lipinski definition) is 0. The molecule has 0 saturated heterocycles. The summed E-state index contributed by atoms with van der Waals surface area (Å²) < 4.78 is 24.7. The van der Waals surface area contributed by atoms with Gasteiger partial charge in [-0.15, -0.1) is 0 Å². The number of fused-ring (bicyclic) bond motifs is 2. The molecule has 0 amide bonds. The van der Waals surface area contributed by atoms with Gasteiger partial charge in [-0.05, 0) is 55.0 Å². The molecule has 0 N–H and O–H groups in total. The zero-order valence-corrected chi connectivity index (χ0v) is 28.4. The van der Waals surface area contributed by atoms with Gasteiger partial charge in [0.2, 0.25) is 0 Å². The van der Waals surface area contributed by atoms with Gasteiger partial charge in [0.25, 0.3) is 5.56 Å². The second-order valence-electron chi connectivity index (χ2n) is 11.3. The van der Waals surface area contributed by atoms with Gasteiger partial charge in [-0.1, -0.05) is 84.1 Å². The second-order valence-corrected chi connectivity index (χ2v) is 12.3. The molecule has 4 aromatic carbocycles. The summed E-state index contributed by atoms with van der Waals surface area (Å²) in [5, 5.41) is 1.75. The fourth-order valence-electron chi connectivity index (χ4n) is 6.15. The maximum Gasteiger partial charge on any atom is 0.338 e. The average molecular weight is 685 g/mol. The second kappa shape index (κ2) is 13.9. The molecule has 0 saturated carbocycles. The van der Waals surface area contributed by atoms with Crippen molar-refractivity contribution in [1.29, 1.82) is 0 Å². The lowest BCUT2D eigenvalue weighted by molar-refractivity contribution is -0.138. The molecule has 10 heteroatoms. The third-order valence-electron chi connectivity index (χ3n) is 8.38. The Balaban J connectivity index is 1.43. The summed E-state index contributed by atoms with van der Waals surface area (Å²) in [6.07, 6.45) is 1.67. The Morgan fingerprint density at radius 1 is 0.840 bits per heavy atom. The van der Waals surface area contributed by atoms with Crippen LogP contribution in [0.1, 0.15) is 47.1 Å². The van der Waals surface area contributed by atoms with E-state index in [0.717, 1.165) is 16.3 Å². The molecule has 0 fully saturated rings. The molecule has 0 aliphatic carbocycles. The van der Waals surface area contributed by atoms with Gasteiger partial charge < -0.3 is 18.6 Å². The lowest BCUT2D eigenvalue weighted by Crippen LogP contribution is -2.40. The number of esters is 2. The quantitative estimate of drug-likeness (QED) is 0.159. The summed E-state index contributed by atoms with van der Waals surface area (Å²) in [6, 6.07) is 30.6. The number of carbonyl (C=O) groups is 2. The number of carbonyl (C=O) groups excluding carboxylic acids is 2. The van der Waals surface area contributed by atoms with E-state index >= 15 is 0 Å². The lowest BCUT2D eigenvalue weighted by Gasteiger charge is -2.28. The van der Waals surface area contributed by atoms with Gasteiger partial charge in [0.15, 0.2) is 4.80 Å². The molecule has 250 valence electrons. The van der Waals surface area contributed by atoms with Gasteiger partial charge in [-0.2, -0.15) is 0 Å². The molecular weight excluding hydrogens is 653 g/mol. The van der Waals surface area contributed by atoms with Crippen LogP contribution >= 0.6 is 11.3 Å². The molecule has 7 rings (SSSR count). The Hall–Kier alpha value is -6.00. The van der Waals surface area contributed by atoms with Crippen molar-refractivity contribution >= 4 is 45.8 Å². The topological polar surface area (TPSA) is 109 Å². The third-order valence-corrected chi connectivity index (χ3v) is 9.36. The molecule has 3 heterocycles. The van der Waals surface area contributed by atoms with Crippen molar-refractivity contribution in [2.45, 2.75) is 19.9 Å². The van der Waals surface area contributed by atoms with Crippen LogP contribution in [0, 0.1) is 0 Å². The van der Waals surface area contributed by atoms with Gasteiger partial charge in [-0.25, -0.2) is 14.6 Å². The minimum atomic E-state index is -0.922. The van der Waals surface area contributed by atoms with E-state index in [-0.39, 0.29) is 17.7 Å². The van der Waals surface area contributed by atoms with Crippen LogP contribution in [0.15, 0.2) is 123 Å². The molecule has 0 unspecified atom stereocenters. The van der Waals surface area contributed by atoms with Crippen molar-refractivity contribution in [2.75, 3.05) is 20.3 Å². The van der Waals surface area contributed by atoms with E-state index in [0.29, 0.717) is 55.6 Å². The number of thiazole rings is 1. The molecule has 2 aromatic heterocycles. The number of ether oxygens (including phenoxy) is 3. The van der Waals surface area contributed by atoms with Gasteiger partial charge in [0.05, 0.1) is 41.7 Å². The fraction of sp³-hybridized carbons (Fsp3) is 0.150. The van der Waals surface area contributed by atoms with Crippen LogP contribution in [0.25, 0.3) is 33.9 Å². The largest absolute Gasteiger partial charge is 0.496 e. The van der Waals surface area contributed by atoms with Crippen molar-refractivity contribution in [3.05, 3.63) is 151 Å². The highest BCUT2D eigenvalue weighted by molar-refractivity contribution is 7.07. The zero-order valence-electron chi connectivity index (χ0n) is 27.5. The maximum atomic E-state index is 14.5. The SMILES string of the molecule is CCOC(=O)C1=C(c2ccccc2)N=c2s/c(=C/c3ccc(-c4ccc(C(=O)OCC)cc4)o3)c(=O)n2[C@H]1c1c(OC)ccc2ccccc12. The Morgan fingerprint density at radius 2 is 1.56 bits per heavy atom. The highest BCUT2D eigenvalue weighted by atomic mass is 32.1. The first-order chi connectivity index (χ1) is 24.4. The summed E-state index contributed by atoms with van der Waals surface area (Å²) in [6.45, 7) is 3.94. The smallest absolute Gasteiger partial charge is 0.338 e. The van der Waals surface area contributed by atoms with Crippen LogP contribution < -0.4 is 19.6 Å². The third kappa shape index (κ3) is 5.94. The minimum Gasteiger partial charge on any atom is -0.496 e. The van der Waals surface area contributed by atoms with Gasteiger partial charge in [0.1, 0.15) is 23.3 Å². The van der Waals surface area contributed by atoms with Crippen molar-refractivity contribution in [3.63, 3.8) is 0 Å². The monoisotopic (exact) mass is 684 g/mol. The summed E-state index contributed by atoms with van der Waals surface area (Å²) in [5.41, 5.74) is 2.87. The Morgan fingerprint density at radius 3 is 2.30 bits per heavy atom. The predicted molar refractivity (Wildman–Crippen MR) is 192 cm³/mol. The summed E-state index contributed by atoms with van der Waals surface area (Å²) in [7, 11) is 1.57. The van der Waals surface area contributed by atoms with Crippen LogP contribution in [0.4, 0.5) is 0 Å². The van der Waals surface area contributed by atoms with E-state index in [4.69, 9.17) is 23.6 Å². The molecule has 50 heavy (non-hydrogen) atoms. The number of benzene rings is 4. The van der Waals surface area contributed by atoms with E-state index in [1.807, 2.05) is 66.7 Å². The van der Waals surface area contributed by atoms with Crippen LogP contribution in [0.2, 0.25) is 0 Å². The molecule has 1 aliphatic rings. The fourth-order valence-corrected chi connectivity index (χ4v) is 7.13. The molecule has 0 spiro atoms. The first-order valence-corrected chi connectivity index (χ1v) is 16.9. The first kappa shape index (κ1) is 32.5. The summed E-state index contributed by atoms with van der Waals surface area (Å²) in [4.78, 5) is 46.0. The summed E-state index contributed by atoms with van der Waals surface area (Å²) >= 11 is 1.20. The van der Waals surface area contributed by atoms with Gasteiger partial charge in [0, 0.05) is 22.8 Å². The van der Waals surface area contributed by atoms with Crippen molar-refractivity contribution in [2.24, 2.45) is 4.99 Å². The van der Waals surface area contributed by atoms with E-state index in [1.165, 1.54) is 11.3 Å². The van der Waals surface area contributed by atoms with E-state index < -0.39 is 18.0 Å². The lowest BCUT2D eigenvalue weighted by atomic mass is 9.89. The average Bonchev–Trinajstić information content (AvgIpc) is 3.74. The molecule has 1 atom stereocenters. The van der Waals surface area contributed by atoms with Crippen LogP contribution in [-0.4, -0.2) is 36.8 Å². The van der Waals surface area contributed by atoms with Crippen LogP contribution in [0.3, 0.4) is 0 Å². The standard InChI is InChI=1S/C40H32N2O7S/c1-4-47-38(44)27-17-15-25(16-18-27)30-22-20-28(49-30)23-32-37(43)42-36(33-29-14-10-9-11-24(29)19-21-31(33)46-3)34(39(45)48-5-2)35(41-40(42)50-32)26-12-7-6-8-13-26/h6-23,36H,4-5H2,1-3H3/b32-23+/t36-/m0/s1. The zero-order chi connectivity index (χ0) is 34.8. The molecular formula is C40H32N2O7S. The Labute approximate surface area is 291 Å². The van der Waals surface area contributed by atoms with Gasteiger partial charge >= 0.3 is 11.9 Å². The Kier molecular flexibility index (Phi) is 9.02. The van der Waals surface area contributed by atoms with Crippen LogP contribution in [-0.2, 0) is 14.3 Å². The number of nitrogens with zero attached hydrogens (tertiary/aromatic N) is 2. The number of rotatable bonds is 9. The number of hydrogen-bond acceptors (Lipinski definition) is 9. The highest BCUT2D eigenvalue weighted by Gasteiger charge is 2.37. The number of aromatic nitrogens is 1. The van der Waals surface area contributed by atoms with E-state index in [9.17, 15) is 14.4 Å². The van der Waals surface area contributed by atoms with Crippen molar-refractivity contribution in [1.82, 2.24) is 4.57 Å². The molecule has 0 radical (unpaired) electrons. The molecule has 9 nitrogen and oxygen atoms in total. The van der Waals surface area contributed by atoms with E-state index in [2.05, 4.69) is 0 Å². The normalized spacial score (nSPS) is 14.3. The first-order valence-electron chi connectivity index (χ1n) is 16.1. The van der Waals surface area contributed by atoms with Crippen LogP contribution in [0.5, 0.6) is 5.75 Å². The predicted octanol–water partition coefficient (Wildman–Crippen LogP) is 6.53. The van der Waals surface area contributed by atoms with Gasteiger partial charge in [-0.3, -0.25) is 9.36 Å². The highest BCUT2D eigenvalue weighted by Crippen LogP contribution is 2.42. The van der Waals surface area contributed by atoms with Crippen molar-refractivity contribution < 1.29 is 28.2 Å². The number of furan rings is 1. The van der Waals surface area contributed by atoms with Crippen molar-refractivity contribution in [3.8, 4) is 17.1 Å². The minimum absolute atomic E-state index is 0.139. The molecule has 0 bridgehead atoms. The molecule has 6 aromatic rings. The molecule has 1 aliphatic heterocycles. The Bertz CT molecular complexity index is 2460.